The Morgan fingerprint density at radius 1 is 1.24 bits per heavy atom. The summed E-state index contributed by atoms with van der Waals surface area (Å²) in [7, 11) is 1.52. The van der Waals surface area contributed by atoms with Gasteiger partial charge in [-0.05, 0) is 61.3 Å². The highest BCUT2D eigenvalue weighted by Crippen LogP contribution is 2.40. The van der Waals surface area contributed by atoms with Crippen LogP contribution in [0.4, 0.5) is 4.39 Å². The van der Waals surface area contributed by atoms with Crippen LogP contribution in [0.25, 0.3) is 0 Å². The highest BCUT2D eigenvalue weighted by atomic mass is 19.1. The highest BCUT2D eigenvalue weighted by Gasteiger charge is 2.30. The van der Waals surface area contributed by atoms with Gasteiger partial charge in [0.2, 0.25) is 0 Å². The highest BCUT2D eigenvalue weighted by molar-refractivity contribution is 5.32. The smallest absolute Gasteiger partial charge is 0.165 e. The van der Waals surface area contributed by atoms with Gasteiger partial charge in [-0.25, -0.2) is 4.39 Å². The summed E-state index contributed by atoms with van der Waals surface area (Å²) < 4.78 is 18.8. The standard InChI is InChI=1S/C18H28FNO/c1-5-20-18(15-9-12(2)8-13(3)10-15)14-6-7-16(19)17(11-14)21-4/h6-7,11-13,15,18,20H,5,8-10H2,1-4H3. The Morgan fingerprint density at radius 3 is 2.48 bits per heavy atom. The van der Waals surface area contributed by atoms with Gasteiger partial charge < -0.3 is 10.1 Å². The molecule has 0 saturated heterocycles. The van der Waals surface area contributed by atoms with E-state index in [4.69, 9.17) is 4.74 Å². The lowest BCUT2D eigenvalue weighted by Gasteiger charge is -2.37. The van der Waals surface area contributed by atoms with E-state index in [0.29, 0.717) is 11.7 Å². The van der Waals surface area contributed by atoms with Crippen LogP contribution in [0.1, 0.15) is 51.6 Å². The molecule has 2 nitrogen and oxygen atoms in total. The first-order chi connectivity index (χ1) is 10.0. The molecule has 1 N–H and O–H groups in total. The zero-order valence-electron chi connectivity index (χ0n) is 13.7. The fourth-order valence-corrected chi connectivity index (χ4v) is 3.93. The fraction of sp³-hybridized carbons (Fsp3) is 0.667. The maximum absolute atomic E-state index is 13.6. The Hall–Kier alpha value is -1.09. The number of benzene rings is 1. The van der Waals surface area contributed by atoms with Gasteiger partial charge in [0.15, 0.2) is 11.6 Å². The molecule has 2 rings (SSSR count). The molecule has 1 aliphatic carbocycles. The molecule has 0 amide bonds. The molecule has 3 heteroatoms. The van der Waals surface area contributed by atoms with E-state index in [2.05, 4.69) is 26.1 Å². The lowest BCUT2D eigenvalue weighted by atomic mass is 9.72. The van der Waals surface area contributed by atoms with Crippen LogP contribution in [-0.4, -0.2) is 13.7 Å². The van der Waals surface area contributed by atoms with Gasteiger partial charge in [-0.15, -0.1) is 0 Å². The van der Waals surface area contributed by atoms with Crippen molar-refractivity contribution in [1.82, 2.24) is 5.32 Å². The van der Waals surface area contributed by atoms with Crippen molar-refractivity contribution < 1.29 is 9.13 Å². The second kappa shape index (κ2) is 7.26. The lowest BCUT2D eigenvalue weighted by Crippen LogP contribution is -2.33. The van der Waals surface area contributed by atoms with Gasteiger partial charge >= 0.3 is 0 Å². The number of hydrogen-bond acceptors (Lipinski definition) is 2. The minimum absolute atomic E-state index is 0.287. The quantitative estimate of drug-likeness (QED) is 0.859. The summed E-state index contributed by atoms with van der Waals surface area (Å²) in [6.45, 7) is 7.74. The van der Waals surface area contributed by atoms with Gasteiger partial charge in [0.25, 0.3) is 0 Å². The van der Waals surface area contributed by atoms with Crippen LogP contribution in [-0.2, 0) is 0 Å². The van der Waals surface area contributed by atoms with E-state index >= 15 is 0 Å². The van der Waals surface area contributed by atoms with Crippen LogP contribution in [0.15, 0.2) is 18.2 Å². The Balaban J connectivity index is 2.25. The van der Waals surface area contributed by atoms with Crippen molar-refractivity contribution in [3.8, 4) is 5.75 Å². The third-order valence-corrected chi connectivity index (χ3v) is 4.64. The minimum Gasteiger partial charge on any atom is -0.494 e. The summed E-state index contributed by atoms with van der Waals surface area (Å²) >= 11 is 0. The lowest BCUT2D eigenvalue weighted by molar-refractivity contribution is 0.177. The van der Waals surface area contributed by atoms with Gasteiger partial charge in [-0.3, -0.25) is 0 Å². The zero-order chi connectivity index (χ0) is 15.4. The molecular formula is C18H28FNO. The zero-order valence-corrected chi connectivity index (χ0v) is 13.7. The molecule has 3 unspecified atom stereocenters. The molecule has 1 aromatic rings. The summed E-state index contributed by atoms with van der Waals surface area (Å²) in [5.74, 6) is 2.19. The third kappa shape index (κ3) is 3.97. The number of nitrogens with one attached hydrogen (secondary N) is 1. The number of halogens is 1. The summed E-state index contributed by atoms with van der Waals surface area (Å²) in [6.07, 6.45) is 3.80. The van der Waals surface area contributed by atoms with Gasteiger partial charge in [0, 0.05) is 6.04 Å². The van der Waals surface area contributed by atoms with Gasteiger partial charge in [0.05, 0.1) is 7.11 Å². The molecule has 118 valence electrons. The van der Waals surface area contributed by atoms with E-state index in [0.717, 1.165) is 23.9 Å². The molecule has 1 fully saturated rings. The molecule has 0 heterocycles. The third-order valence-electron chi connectivity index (χ3n) is 4.64. The second-order valence-corrected chi connectivity index (χ2v) is 6.61. The van der Waals surface area contributed by atoms with Crippen LogP contribution in [0, 0.1) is 23.6 Å². The van der Waals surface area contributed by atoms with Crippen LogP contribution >= 0.6 is 0 Å². The number of hydrogen-bond donors (Lipinski definition) is 1. The minimum atomic E-state index is -0.290. The fourth-order valence-electron chi connectivity index (χ4n) is 3.93. The van der Waals surface area contributed by atoms with Crippen molar-refractivity contribution in [2.24, 2.45) is 17.8 Å². The molecule has 0 spiro atoms. The summed E-state index contributed by atoms with van der Waals surface area (Å²) in [6, 6.07) is 5.56. The van der Waals surface area contributed by atoms with Gasteiger partial charge in [0.1, 0.15) is 0 Å². The van der Waals surface area contributed by atoms with Crippen LogP contribution in [0.2, 0.25) is 0 Å². The molecule has 0 aliphatic heterocycles. The average Bonchev–Trinajstić information content (AvgIpc) is 2.44. The molecule has 0 aromatic heterocycles. The van der Waals surface area contributed by atoms with E-state index in [9.17, 15) is 4.39 Å². The first kappa shape index (κ1) is 16.3. The van der Waals surface area contributed by atoms with Crippen molar-refractivity contribution in [1.29, 1.82) is 0 Å². The van der Waals surface area contributed by atoms with E-state index in [1.165, 1.54) is 32.4 Å². The molecule has 1 aliphatic rings. The van der Waals surface area contributed by atoms with Crippen molar-refractivity contribution in [2.75, 3.05) is 13.7 Å². The molecule has 3 atom stereocenters. The topological polar surface area (TPSA) is 21.3 Å². The molecule has 0 radical (unpaired) electrons. The SMILES string of the molecule is CCNC(c1ccc(F)c(OC)c1)C1CC(C)CC(C)C1. The summed E-state index contributed by atoms with van der Waals surface area (Å²) in [5.41, 5.74) is 1.14. The summed E-state index contributed by atoms with van der Waals surface area (Å²) in [5, 5.41) is 3.60. The Morgan fingerprint density at radius 2 is 1.90 bits per heavy atom. The molecule has 1 aromatic carbocycles. The average molecular weight is 293 g/mol. The predicted molar refractivity (Wildman–Crippen MR) is 85.0 cm³/mol. The van der Waals surface area contributed by atoms with Crippen molar-refractivity contribution in [3.05, 3.63) is 29.6 Å². The Labute approximate surface area is 128 Å². The number of methoxy groups -OCH3 is 1. The predicted octanol–water partition coefficient (Wildman–Crippen LogP) is 4.56. The first-order valence-electron chi connectivity index (χ1n) is 8.11. The normalized spacial score (nSPS) is 27.4. The Kier molecular flexibility index (Phi) is 5.63. The van der Waals surface area contributed by atoms with Gasteiger partial charge in [-0.2, -0.15) is 0 Å². The van der Waals surface area contributed by atoms with Gasteiger partial charge in [-0.1, -0.05) is 26.8 Å². The van der Waals surface area contributed by atoms with Crippen molar-refractivity contribution in [2.45, 2.75) is 46.1 Å². The van der Waals surface area contributed by atoms with E-state index in [1.807, 2.05) is 12.1 Å². The molecule has 1 saturated carbocycles. The Bertz CT molecular complexity index is 453. The van der Waals surface area contributed by atoms with E-state index < -0.39 is 0 Å². The molecule has 0 bridgehead atoms. The number of ether oxygens (including phenoxy) is 1. The van der Waals surface area contributed by atoms with E-state index in [-0.39, 0.29) is 11.9 Å². The van der Waals surface area contributed by atoms with Crippen molar-refractivity contribution in [3.63, 3.8) is 0 Å². The maximum Gasteiger partial charge on any atom is 0.165 e. The second-order valence-electron chi connectivity index (χ2n) is 6.61. The number of rotatable bonds is 5. The maximum atomic E-state index is 13.6. The first-order valence-corrected chi connectivity index (χ1v) is 8.11. The van der Waals surface area contributed by atoms with Crippen LogP contribution in [0.3, 0.4) is 0 Å². The summed E-state index contributed by atoms with van der Waals surface area (Å²) in [4.78, 5) is 0. The van der Waals surface area contributed by atoms with Crippen LogP contribution in [0.5, 0.6) is 5.75 Å². The molecule has 21 heavy (non-hydrogen) atoms. The van der Waals surface area contributed by atoms with Crippen molar-refractivity contribution >= 4 is 0 Å². The molecular weight excluding hydrogens is 265 g/mol. The van der Waals surface area contributed by atoms with E-state index in [1.54, 1.807) is 0 Å². The van der Waals surface area contributed by atoms with Crippen LogP contribution < -0.4 is 10.1 Å². The largest absolute Gasteiger partial charge is 0.494 e. The monoisotopic (exact) mass is 293 g/mol.